The van der Waals surface area contributed by atoms with Gasteiger partial charge in [-0.2, -0.15) is 0 Å². The second-order valence-corrected chi connectivity index (χ2v) is 9.57. The molecule has 0 saturated carbocycles. The number of carbonyl (C=O) groups is 1. The first-order valence-electron chi connectivity index (χ1n) is 10.6. The highest BCUT2D eigenvalue weighted by Crippen LogP contribution is 2.20. The molecule has 6 heteroatoms. The van der Waals surface area contributed by atoms with Crippen LogP contribution in [0.5, 0.6) is 0 Å². The minimum atomic E-state index is -0.453. The fourth-order valence-electron chi connectivity index (χ4n) is 3.59. The van der Waals surface area contributed by atoms with E-state index in [0.29, 0.717) is 12.6 Å². The summed E-state index contributed by atoms with van der Waals surface area (Å²) in [6.45, 7) is 12.9. The summed E-state index contributed by atoms with van der Waals surface area (Å²) in [5, 5.41) is 7.44. The summed E-state index contributed by atoms with van der Waals surface area (Å²) in [6.07, 6.45) is 1.63. The van der Waals surface area contributed by atoms with Crippen molar-refractivity contribution in [2.75, 3.05) is 33.4 Å². The first-order chi connectivity index (χ1) is 13.6. The van der Waals surface area contributed by atoms with E-state index in [1.807, 2.05) is 31.7 Å². The van der Waals surface area contributed by atoms with E-state index in [9.17, 15) is 4.79 Å². The van der Waals surface area contributed by atoms with Gasteiger partial charge in [0.2, 0.25) is 0 Å². The molecule has 1 fully saturated rings. The lowest BCUT2D eigenvalue weighted by Crippen LogP contribution is -2.50. The second kappa shape index (κ2) is 10.4. The van der Waals surface area contributed by atoms with Crippen LogP contribution in [0, 0.1) is 0 Å². The molecule has 1 aromatic rings. The Hall–Kier alpha value is -1.63. The van der Waals surface area contributed by atoms with Crippen LogP contribution >= 0.6 is 0 Å². The normalized spacial score (nSPS) is 17.2. The molecule has 0 bridgehead atoms. The number of nitrogens with one attached hydrogen (secondary N) is 2. The van der Waals surface area contributed by atoms with E-state index in [2.05, 4.69) is 48.7 Å². The van der Waals surface area contributed by atoms with Gasteiger partial charge in [-0.3, -0.25) is 0 Å². The summed E-state index contributed by atoms with van der Waals surface area (Å²) in [5.41, 5.74) is 0.720. The molecule has 164 valence electrons. The average Bonchev–Trinajstić information content (AvgIpc) is 2.65. The van der Waals surface area contributed by atoms with Crippen molar-refractivity contribution in [3.63, 3.8) is 0 Å². The van der Waals surface area contributed by atoms with Crippen molar-refractivity contribution in [3.05, 3.63) is 35.9 Å². The van der Waals surface area contributed by atoms with Crippen molar-refractivity contribution >= 4 is 6.09 Å². The summed E-state index contributed by atoms with van der Waals surface area (Å²) >= 11 is 0. The zero-order valence-electron chi connectivity index (χ0n) is 19.0. The van der Waals surface area contributed by atoms with Crippen LogP contribution in [-0.2, 0) is 9.47 Å². The van der Waals surface area contributed by atoms with Gasteiger partial charge in [0.05, 0.1) is 6.61 Å². The standard InChI is InChI=1S/C23H39N3O3/c1-22(2,3)29-21(27)26-14-12-19(13-15-26)25-20(18-10-8-7-9-11-18)16-24-23(4,5)17-28-6/h7-11,19-20,24-25H,12-17H2,1-6H3/t20-/m0/s1. The lowest BCUT2D eigenvalue weighted by molar-refractivity contribution is 0.0195. The fraction of sp³-hybridized carbons (Fsp3) is 0.696. The largest absolute Gasteiger partial charge is 0.444 e. The quantitative estimate of drug-likeness (QED) is 0.690. The van der Waals surface area contributed by atoms with Gasteiger partial charge in [-0.25, -0.2) is 4.79 Å². The van der Waals surface area contributed by atoms with E-state index in [1.165, 1.54) is 5.56 Å². The number of benzene rings is 1. The average molecular weight is 406 g/mol. The lowest BCUT2D eigenvalue weighted by Gasteiger charge is -2.36. The van der Waals surface area contributed by atoms with Crippen molar-refractivity contribution in [2.24, 2.45) is 0 Å². The maximum atomic E-state index is 12.3. The lowest BCUT2D eigenvalue weighted by atomic mass is 9.99. The Balaban J connectivity index is 1.93. The summed E-state index contributed by atoms with van der Waals surface area (Å²) in [7, 11) is 1.73. The molecule has 29 heavy (non-hydrogen) atoms. The van der Waals surface area contributed by atoms with Crippen LogP contribution in [0.2, 0.25) is 0 Å². The molecule has 1 saturated heterocycles. The first-order valence-corrected chi connectivity index (χ1v) is 10.6. The van der Waals surface area contributed by atoms with Gasteiger partial charge in [-0.05, 0) is 53.0 Å². The van der Waals surface area contributed by atoms with E-state index in [-0.39, 0.29) is 17.7 Å². The maximum absolute atomic E-state index is 12.3. The minimum Gasteiger partial charge on any atom is -0.444 e. The maximum Gasteiger partial charge on any atom is 0.410 e. The van der Waals surface area contributed by atoms with Crippen molar-refractivity contribution in [1.82, 2.24) is 15.5 Å². The van der Waals surface area contributed by atoms with Crippen molar-refractivity contribution in [3.8, 4) is 0 Å². The highest BCUT2D eigenvalue weighted by Gasteiger charge is 2.28. The highest BCUT2D eigenvalue weighted by atomic mass is 16.6. The number of piperidine rings is 1. The SMILES string of the molecule is COCC(C)(C)NC[C@H](NC1CCN(C(=O)OC(C)(C)C)CC1)c1ccccc1. The van der Waals surface area contributed by atoms with E-state index >= 15 is 0 Å². The Kier molecular flexibility index (Phi) is 8.49. The van der Waals surface area contributed by atoms with Crippen molar-refractivity contribution < 1.29 is 14.3 Å². The Morgan fingerprint density at radius 3 is 2.31 bits per heavy atom. The van der Waals surface area contributed by atoms with Crippen LogP contribution in [0.25, 0.3) is 0 Å². The van der Waals surface area contributed by atoms with Crippen LogP contribution in [0.3, 0.4) is 0 Å². The number of hydrogen-bond acceptors (Lipinski definition) is 5. The molecule has 1 atom stereocenters. The summed E-state index contributed by atoms with van der Waals surface area (Å²) in [4.78, 5) is 14.1. The predicted molar refractivity (Wildman–Crippen MR) is 117 cm³/mol. The molecule has 2 N–H and O–H groups in total. The monoisotopic (exact) mass is 405 g/mol. The van der Waals surface area contributed by atoms with Crippen LogP contribution in [0.4, 0.5) is 4.79 Å². The van der Waals surface area contributed by atoms with Gasteiger partial charge in [-0.1, -0.05) is 30.3 Å². The third-order valence-electron chi connectivity index (χ3n) is 5.08. The molecular formula is C23H39N3O3. The first kappa shape index (κ1) is 23.6. The summed E-state index contributed by atoms with van der Waals surface area (Å²) < 4.78 is 10.8. The molecule has 1 aliphatic heterocycles. The summed E-state index contributed by atoms with van der Waals surface area (Å²) in [6, 6.07) is 11.1. The molecule has 1 aromatic carbocycles. The molecule has 0 spiro atoms. The molecule has 1 heterocycles. The van der Waals surface area contributed by atoms with Gasteiger partial charge in [0.1, 0.15) is 5.60 Å². The van der Waals surface area contributed by atoms with E-state index < -0.39 is 5.60 Å². The summed E-state index contributed by atoms with van der Waals surface area (Å²) in [5.74, 6) is 0. The molecule has 1 amide bonds. The number of nitrogens with zero attached hydrogens (tertiary/aromatic N) is 1. The molecule has 1 aliphatic rings. The van der Waals surface area contributed by atoms with Gasteiger partial charge in [-0.15, -0.1) is 0 Å². The highest BCUT2D eigenvalue weighted by molar-refractivity contribution is 5.68. The molecule has 2 rings (SSSR count). The van der Waals surface area contributed by atoms with Crippen molar-refractivity contribution in [2.45, 2.75) is 70.7 Å². The van der Waals surface area contributed by atoms with Crippen LogP contribution in [0.15, 0.2) is 30.3 Å². The Bertz CT molecular complexity index is 620. The molecule has 6 nitrogen and oxygen atoms in total. The Labute approximate surface area is 176 Å². The van der Waals surface area contributed by atoms with Gasteiger partial charge in [0, 0.05) is 44.4 Å². The Morgan fingerprint density at radius 1 is 1.14 bits per heavy atom. The van der Waals surface area contributed by atoms with Gasteiger partial charge < -0.3 is 25.0 Å². The molecule has 0 radical (unpaired) electrons. The van der Waals surface area contributed by atoms with Crippen LogP contribution in [0.1, 0.15) is 59.1 Å². The van der Waals surface area contributed by atoms with Gasteiger partial charge >= 0.3 is 6.09 Å². The number of carbonyl (C=O) groups excluding carboxylic acids is 1. The topological polar surface area (TPSA) is 62.8 Å². The van der Waals surface area contributed by atoms with Crippen molar-refractivity contribution in [1.29, 1.82) is 0 Å². The molecule has 0 aliphatic carbocycles. The number of rotatable bonds is 8. The minimum absolute atomic E-state index is 0.0937. The third-order valence-corrected chi connectivity index (χ3v) is 5.08. The number of likely N-dealkylation sites (tertiary alicyclic amines) is 1. The molecule has 0 unspecified atom stereocenters. The van der Waals surface area contributed by atoms with E-state index in [1.54, 1.807) is 7.11 Å². The smallest absolute Gasteiger partial charge is 0.410 e. The van der Waals surface area contributed by atoms with Crippen LogP contribution < -0.4 is 10.6 Å². The number of ether oxygens (including phenoxy) is 2. The number of amides is 1. The second-order valence-electron chi connectivity index (χ2n) is 9.57. The number of hydrogen-bond donors (Lipinski definition) is 2. The fourth-order valence-corrected chi connectivity index (χ4v) is 3.59. The molecular weight excluding hydrogens is 366 g/mol. The zero-order valence-corrected chi connectivity index (χ0v) is 19.0. The van der Waals surface area contributed by atoms with Crippen LogP contribution in [-0.4, -0.2) is 61.5 Å². The third kappa shape index (κ3) is 8.33. The predicted octanol–water partition coefficient (Wildman–Crippen LogP) is 3.73. The number of methoxy groups -OCH3 is 1. The molecule has 0 aromatic heterocycles. The van der Waals surface area contributed by atoms with Gasteiger partial charge in [0.15, 0.2) is 0 Å². The van der Waals surface area contributed by atoms with E-state index in [0.717, 1.165) is 32.5 Å². The Morgan fingerprint density at radius 2 is 1.76 bits per heavy atom. The van der Waals surface area contributed by atoms with E-state index in [4.69, 9.17) is 9.47 Å². The zero-order chi connectivity index (χ0) is 21.5. The van der Waals surface area contributed by atoms with Gasteiger partial charge in [0.25, 0.3) is 0 Å².